The molecule has 0 aliphatic carbocycles. The molecule has 1 fully saturated rings. The van der Waals surface area contributed by atoms with E-state index in [0.717, 1.165) is 15.3 Å². The lowest BCUT2D eigenvalue weighted by atomic mass is 10.0. The Balaban J connectivity index is 1.64. The van der Waals surface area contributed by atoms with Gasteiger partial charge in [-0.15, -0.1) is 11.3 Å². The van der Waals surface area contributed by atoms with E-state index in [1.807, 2.05) is 36.4 Å². The molecule has 1 aliphatic heterocycles. The number of halogens is 1. The van der Waals surface area contributed by atoms with Crippen LogP contribution in [0.1, 0.15) is 18.2 Å². The molecular weight excluding hydrogens is 378 g/mol. The van der Waals surface area contributed by atoms with Crippen molar-refractivity contribution in [2.45, 2.75) is 18.9 Å². The number of hydrogen-bond acceptors (Lipinski definition) is 4. The molecule has 3 rings (SSSR count). The summed E-state index contributed by atoms with van der Waals surface area (Å²) in [5.41, 5.74) is 0.395. The van der Waals surface area contributed by atoms with E-state index in [1.165, 1.54) is 6.08 Å². The largest absolute Gasteiger partial charge is 0.346 e. The van der Waals surface area contributed by atoms with Crippen molar-refractivity contribution in [3.63, 3.8) is 0 Å². The maximum atomic E-state index is 12.1. The number of carbonyl (C=O) groups is 1. The van der Waals surface area contributed by atoms with Crippen molar-refractivity contribution in [3.05, 3.63) is 52.4 Å². The van der Waals surface area contributed by atoms with E-state index in [0.29, 0.717) is 11.4 Å². The van der Waals surface area contributed by atoms with Gasteiger partial charge in [-0.25, -0.2) is 8.42 Å². The molecule has 2 heterocycles. The van der Waals surface area contributed by atoms with Crippen LogP contribution in [0.2, 0.25) is 5.02 Å². The van der Waals surface area contributed by atoms with E-state index in [2.05, 4.69) is 5.32 Å². The SMILES string of the molecule is CC1(NC(=O)/C=C/c2ccc(-c3ccc(Cl)cc3)s2)CCS(=O)(=O)C1. The van der Waals surface area contributed by atoms with Crippen LogP contribution in [0.15, 0.2) is 42.5 Å². The van der Waals surface area contributed by atoms with Gasteiger partial charge >= 0.3 is 0 Å². The zero-order valence-electron chi connectivity index (χ0n) is 13.7. The van der Waals surface area contributed by atoms with Gasteiger partial charge in [-0.2, -0.15) is 0 Å². The topological polar surface area (TPSA) is 63.2 Å². The molecule has 0 saturated carbocycles. The Bertz CT molecular complexity index is 916. The number of rotatable bonds is 4. The van der Waals surface area contributed by atoms with E-state index in [4.69, 9.17) is 11.6 Å². The van der Waals surface area contributed by atoms with Crippen LogP contribution >= 0.6 is 22.9 Å². The molecule has 1 aromatic carbocycles. The minimum atomic E-state index is -3.04. The Morgan fingerprint density at radius 3 is 2.60 bits per heavy atom. The number of nitrogens with one attached hydrogen (secondary N) is 1. The molecule has 1 unspecified atom stereocenters. The summed E-state index contributed by atoms with van der Waals surface area (Å²) >= 11 is 7.47. The molecule has 1 atom stereocenters. The van der Waals surface area contributed by atoms with Crippen molar-refractivity contribution in [2.75, 3.05) is 11.5 Å². The first kappa shape index (κ1) is 18.2. The van der Waals surface area contributed by atoms with E-state index in [1.54, 1.807) is 24.3 Å². The molecule has 7 heteroatoms. The molecule has 1 aromatic heterocycles. The third-order valence-electron chi connectivity index (χ3n) is 4.08. The molecule has 0 spiro atoms. The molecule has 4 nitrogen and oxygen atoms in total. The third-order valence-corrected chi connectivity index (χ3v) is 7.34. The lowest BCUT2D eigenvalue weighted by Crippen LogP contribution is -2.46. The van der Waals surface area contributed by atoms with Crippen LogP contribution in [-0.2, 0) is 14.6 Å². The predicted octanol–water partition coefficient (Wildman–Crippen LogP) is 3.78. The molecule has 1 N–H and O–H groups in total. The standard InChI is InChI=1S/C18H18ClNO3S2/c1-18(10-11-25(22,23)12-18)20-17(21)9-7-15-6-8-16(24-15)13-2-4-14(19)5-3-13/h2-9H,10-12H2,1H3,(H,20,21)/b9-7+. The Morgan fingerprint density at radius 1 is 1.24 bits per heavy atom. The fourth-order valence-electron chi connectivity index (χ4n) is 2.82. The fraction of sp³-hybridized carbons (Fsp3) is 0.278. The molecule has 1 aliphatic rings. The third kappa shape index (κ3) is 4.71. The van der Waals surface area contributed by atoms with Gasteiger partial charge in [0.15, 0.2) is 9.84 Å². The minimum absolute atomic E-state index is 0.000698. The Kier molecular flexibility index (Phi) is 5.04. The number of carbonyl (C=O) groups excluding carboxylic acids is 1. The summed E-state index contributed by atoms with van der Waals surface area (Å²) in [5, 5.41) is 3.50. The van der Waals surface area contributed by atoms with Gasteiger partial charge in [0, 0.05) is 20.9 Å². The second-order valence-electron chi connectivity index (χ2n) is 6.43. The molecule has 1 saturated heterocycles. The van der Waals surface area contributed by atoms with Gasteiger partial charge in [-0.05, 0) is 49.2 Å². The van der Waals surface area contributed by atoms with Gasteiger partial charge in [0.05, 0.1) is 17.0 Å². The molecule has 25 heavy (non-hydrogen) atoms. The number of amides is 1. The zero-order valence-corrected chi connectivity index (χ0v) is 16.0. The Hall–Kier alpha value is -1.63. The summed E-state index contributed by atoms with van der Waals surface area (Å²) < 4.78 is 23.2. The van der Waals surface area contributed by atoms with Crippen LogP contribution in [0.5, 0.6) is 0 Å². The average molecular weight is 396 g/mol. The Labute approximate surface area is 156 Å². The second kappa shape index (κ2) is 6.94. The molecule has 1 amide bonds. The highest BCUT2D eigenvalue weighted by Crippen LogP contribution is 2.29. The zero-order chi connectivity index (χ0) is 18.1. The molecule has 2 aromatic rings. The van der Waals surface area contributed by atoms with Crippen molar-refractivity contribution < 1.29 is 13.2 Å². The van der Waals surface area contributed by atoms with Crippen molar-refractivity contribution in [2.24, 2.45) is 0 Å². The van der Waals surface area contributed by atoms with Crippen LogP contribution in [0.25, 0.3) is 16.5 Å². The first-order valence-corrected chi connectivity index (χ1v) is 10.8. The van der Waals surface area contributed by atoms with Gasteiger partial charge in [0.2, 0.25) is 5.91 Å². The predicted molar refractivity (Wildman–Crippen MR) is 104 cm³/mol. The van der Waals surface area contributed by atoms with Crippen LogP contribution in [0, 0.1) is 0 Å². The number of sulfone groups is 1. The van der Waals surface area contributed by atoms with Crippen LogP contribution < -0.4 is 5.32 Å². The van der Waals surface area contributed by atoms with Gasteiger partial charge in [0.25, 0.3) is 0 Å². The monoisotopic (exact) mass is 395 g/mol. The van der Waals surface area contributed by atoms with Gasteiger partial charge in [0.1, 0.15) is 0 Å². The molecular formula is C18H18ClNO3S2. The smallest absolute Gasteiger partial charge is 0.244 e. The highest BCUT2D eigenvalue weighted by molar-refractivity contribution is 7.91. The molecule has 132 valence electrons. The summed E-state index contributed by atoms with van der Waals surface area (Å²) in [7, 11) is -3.04. The van der Waals surface area contributed by atoms with Gasteiger partial charge in [-0.1, -0.05) is 23.7 Å². The quantitative estimate of drug-likeness (QED) is 0.801. The summed E-state index contributed by atoms with van der Waals surface area (Å²) in [6, 6.07) is 11.5. The summed E-state index contributed by atoms with van der Waals surface area (Å²) in [6.07, 6.45) is 3.65. The first-order valence-electron chi connectivity index (χ1n) is 7.81. The maximum Gasteiger partial charge on any atom is 0.244 e. The summed E-state index contributed by atoms with van der Waals surface area (Å²) in [5.74, 6) is -0.150. The van der Waals surface area contributed by atoms with Crippen LogP contribution in [0.3, 0.4) is 0 Å². The van der Waals surface area contributed by atoms with Crippen molar-refractivity contribution in [3.8, 4) is 10.4 Å². The average Bonchev–Trinajstić information content (AvgIpc) is 3.10. The summed E-state index contributed by atoms with van der Waals surface area (Å²) in [6.45, 7) is 1.77. The number of benzene rings is 1. The second-order valence-corrected chi connectivity index (χ2v) is 10.2. The van der Waals surface area contributed by atoms with Crippen molar-refractivity contribution >= 4 is 44.8 Å². The number of hydrogen-bond donors (Lipinski definition) is 1. The van der Waals surface area contributed by atoms with E-state index < -0.39 is 15.4 Å². The molecule has 0 bridgehead atoms. The minimum Gasteiger partial charge on any atom is -0.346 e. The van der Waals surface area contributed by atoms with E-state index >= 15 is 0 Å². The molecule has 0 radical (unpaired) electrons. The highest BCUT2D eigenvalue weighted by Gasteiger charge is 2.39. The van der Waals surface area contributed by atoms with E-state index in [-0.39, 0.29) is 17.4 Å². The fourth-order valence-corrected chi connectivity index (χ4v) is 5.95. The normalized spacial score (nSPS) is 22.3. The first-order chi connectivity index (χ1) is 11.7. The number of thiophene rings is 1. The summed E-state index contributed by atoms with van der Waals surface area (Å²) in [4.78, 5) is 14.1. The van der Waals surface area contributed by atoms with Crippen LogP contribution in [-0.4, -0.2) is 31.4 Å². The maximum absolute atomic E-state index is 12.1. The van der Waals surface area contributed by atoms with Gasteiger partial charge < -0.3 is 5.32 Å². The van der Waals surface area contributed by atoms with E-state index in [9.17, 15) is 13.2 Å². The van der Waals surface area contributed by atoms with Crippen molar-refractivity contribution in [1.82, 2.24) is 5.32 Å². The lowest BCUT2D eigenvalue weighted by Gasteiger charge is -2.22. The van der Waals surface area contributed by atoms with Crippen molar-refractivity contribution in [1.29, 1.82) is 0 Å². The van der Waals surface area contributed by atoms with Gasteiger partial charge in [-0.3, -0.25) is 4.79 Å². The lowest BCUT2D eigenvalue weighted by molar-refractivity contribution is -0.117. The van der Waals surface area contributed by atoms with Crippen LogP contribution in [0.4, 0.5) is 0 Å². The Morgan fingerprint density at radius 2 is 1.96 bits per heavy atom. The highest BCUT2D eigenvalue weighted by atomic mass is 35.5.